The molecule has 0 saturated carbocycles. The number of rotatable bonds is 9. The lowest BCUT2D eigenvalue weighted by atomic mass is 10.3. The molecule has 0 aliphatic rings. The standard InChI is InChI=1S/2C13H10O3.2C8H8O3.C8H8O2.2C6H6O.2C3H6O3.2CH4O.CH5P/c2*14-13(15-11-7-3-1-4-8-11)16-12-9-5-2-6-10-12;2*1-10-8(9)11-7-5-3-2-4-6-7;9-6-7-10-8-4-2-1-3-5-8;2*7-6-4-2-1-3-5-6;2*1-5-3(4)6-2;3*1-2/h2*1-10H;2*2-6H,1H3;1-6H,7H2;2*1-5,7H;2*1-2H3;2*2H,1H3;2H2,1H3/i;;;;;;;;;;;2D. The van der Waals surface area contributed by atoms with Crippen molar-refractivity contribution >= 4 is 52.4 Å². The number of phenolic OH excluding ortho intramolecular Hbond substituents is 2. The monoisotopic (exact) mass is 1350 g/mol. The molecule has 9 rings (SSSR count). The fraction of sp³-hybridized carbons (Fsp3) is 0.141. The summed E-state index contributed by atoms with van der Waals surface area (Å²) >= 11 is 0. The van der Waals surface area contributed by atoms with Gasteiger partial charge in [0.05, 0.1) is 43.9 Å². The van der Waals surface area contributed by atoms with Gasteiger partial charge in [0.25, 0.3) is 0 Å². The molecule has 0 fully saturated rings. The van der Waals surface area contributed by atoms with Crippen LogP contribution in [0.5, 0.6) is 51.7 Å². The first-order chi connectivity index (χ1) is 47.1. The average Bonchev–Trinajstić information content (AvgIpc) is 2.98. The van der Waals surface area contributed by atoms with Crippen LogP contribution in [0, 0.1) is 0 Å². The van der Waals surface area contributed by atoms with Crippen LogP contribution in [0.3, 0.4) is 0 Å². The molecule has 0 aliphatic heterocycles. The van der Waals surface area contributed by atoms with E-state index in [9.17, 15) is 33.6 Å². The number of carbonyl (C=O) groups is 7. The number of ether oxygens (including phenoxy) is 13. The lowest BCUT2D eigenvalue weighted by Crippen LogP contribution is -2.13. The molecule has 9 aromatic rings. The van der Waals surface area contributed by atoms with Crippen LogP contribution in [-0.2, 0) is 33.2 Å². The largest absolute Gasteiger partial charge is 0.519 e. The Kier molecular flexibility index (Phi) is 57.9. The Labute approximate surface area is 562 Å². The summed E-state index contributed by atoms with van der Waals surface area (Å²) in [6.45, 7) is 1.95. The summed E-state index contributed by atoms with van der Waals surface area (Å²) in [6.07, 6.45) is -3.46. The zero-order valence-electron chi connectivity index (χ0n) is 55.2. The highest BCUT2D eigenvalue weighted by Crippen LogP contribution is 2.16. The van der Waals surface area contributed by atoms with Crippen molar-refractivity contribution in [1.82, 2.24) is 0 Å². The van der Waals surface area contributed by atoms with Crippen LogP contribution < -0.4 is 33.2 Å². The van der Waals surface area contributed by atoms with Crippen LogP contribution in [0.1, 0.15) is 0 Å². The molecule has 25 heteroatoms. The van der Waals surface area contributed by atoms with E-state index in [1.54, 1.807) is 194 Å². The van der Waals surface area contributed by atoms with Crippen molar-refractivity contribution in [2.45, 2.75) is 0 Å². The zero-order chi connectivity index (χ0) is 72.8. The van der Waals surface area contributed by atoms with Crippen LogP contribution in [0.15, 0.2) is 273 Å². The molecule has 1 atom stereocenters. The van der Waals surface area contributed by atoms with Crippen LogP contribution in [0.4, 0.5) is 28.8 Å². The molecule has 0 aromatic heterocycles. The third-order valence-electron chi connectivity index (χ3n) is 9.24. The number of aliphatic hydroxyl groups is 2. The SMILES string of the molecule is CO.CO.COC(=O)OC.COC(=O)OC.COC(=O)Oc1ccccc1.COC(=O)Oc1ccccc1.O=C(Oc1ccccc1)Oc1ccccc1.O=C(Oc1ccccc1)Oc1ccccc1.O=CCOc1ccccc1.Oc1ccccc1.Oc1ccccc1.[2H]PC. The normalized spacial score (nSPS) is 8.68. The second-order valence-electron chi connectivity index (χ2n) is 15.7. The maximum Gasteiger partial charge on any atom is 0.519 e. The highest BCUT2D eigenvalue weighted by Gasteiger charge is 2.08. The molecular weight excluding hydrogens is 1270 g/mol. The Morgan fingerprint density at radius 2 is 0.458 bits per heavy atom. The number of phenols is 2. The second kappa shape index (κ2) is 64.5. The Morgan fingerprint density at radius 1 is 0.302 bits per heavy atom. The van der Waals surface area contributed by atoms with Gasteiger partial charge in [0.2, 0.25) is 0 Å². The van der Waals surface area contributed by atoms with Crippen LogP contribution in [0.2, 0.25) is 0 Å². The van der Waals surface area contributed by atoms with Crippen molar-refractivity contribution < 1.29 is 116 Å². The van der Waals surface area contributed by atoms with Gasteiger partial charge in [-0.25, -0.2) is 28.8 Å². The summed E-state index contributed by atoms with van der Waals surface area (Å²) in [6, 6.07) is 79.3. The lowest BCUT2D eigenvalue weighted by Gasteiger charge is -2.04. The number of benzene rings is 9. The van der Waals surface area contributed by atoms with Gasteiger partial charge in [-0.3, -0.25) is 4.79 Å². The summed E-state index contributed by atoms with van der Waals surface area (Å²) in [5.41, 5.74) is 0. The molecule has 0 heterocycles. The molecule has 96 heavy (non-hydrogen) atoms. The number of aldehydes is 1. The summed E-state index contributed by atoms with van der Waals surface area (Å²) in [5, 5.41) is 31.3. The third kappa shape index (κ3) is 53.8. The Hall–Kier alpha value is -12.0. The number of hydrogen-bond acceptors (Lipinski definition) is 24. The minimum absolute atomic E-state index is 0.129. The van der Waals surface area contributed by atoms with E-state index < -0.39 is 36.9 Å². The summed E-state index contributed by atoms with van der Waals surface area (Å²) in [5.74, 6) is 4.19. The molecule has 4 N–H and O–H groups in total. The van der Waals surface area contributed by atoms with Crippen molar-refractivity contribution in [2.24, 2.45) is 0 Å². The Morgan fingerprint density at radius 3 is 0.594 bits per heavy atom. The number of methoxy groups -OCH3 is 6. The number of aromatic hydroxyl groups is 2. The van der Waals surface area contributed by atoms with Gasteiger partial charge in [-0.2, -0.15) is 0 Å². The maximum absolute atomic E-state index is 11.3. The van der Waals surface area contributed by atoms with Gasteiger partial charge in [0, 0.05) is 14.2 Å². The molecule has 0 saturated heterocycles. The van der Waals surface area contributed by atoms with Gasteiger partial charge >= 0.3 is 36.9 Å². The van der Waals surface area contributed by atoms with E-state index in [2.05, 4.69) is 28.4 Å². The van der Waals surface area contributed by atoms with E-state index in [0.717, 1.165) is 26.3 Å². The van der Waals surface area contributed by atoms with E-state index in [1.165, 1.54) is 42.7 Å². The lowest BCUT2D eigenvalue weighted by molar-refractivity contribution is -0.109. The molecule has 9 aromatic carbocycles. The first kappa shape index (κ1) is 86.1. The molecular formula is C71H81O24P. The first-order valence-corrected chi connectivity index (χ1v) is 28.5. The van der Waals surface area contributed by atoms with Crippen molar-refractivity contribution in [1.29, 1.82) is 1.28 Å². The van der Waals surface area contributed by atoms with E-state index in [-0.39, 0.29) is 6.61 Å². The molecule has 0 amide bonds. The fourth-order valence-electron chi connectivity index (χ4n) is 5.30. The molecule has 0 bridgehead atoms. The van der Waals surface area contributed by atoms with Crippen LogP contribution in [0.25, 0.3) is 0 Å². The molecule has 1 unspecified atom stereocenters. The quantitative estimate of drug-likeness (QED) is 0.0343. The van der Waals surface area contributed by atoms with E-state index >= 15 is 0 Å². The molecule has 0 aliphatic carbocycles. The minimum atomic E-state index is -0.739. The zero-order valence-corrected chi connectivity index (χ0v) is 55.2. The molecule has 24 nitrogen and oxygen atoms in total. The van der Waals surface area contributed by atoms with Gasteiger partial charge in [0.15, 0.2) is 6.29 Å². The van der Waals surface area contributed by atoms with Crippen molar-refractivity contribution in [3.05, 3.63) is 273 Å². The highest BCUT2D eigenvalue weighted by molar-refractivity contribution is 7.15. The number of aliphatic hydroxyl groups excluding tert-OH is 2. The number of hydrogen-bond donors (Lipinski definition) is 4. The van der Waals surface area contributed by atoms with E-state index in [0.29, 0.717) is 55.2 Å². The van der Waals surface area contributed by atoms with Gasteiger partial charge < -0.3 is 82.0 Å². The predicted molar refractivity (Wildman–Crippen MR) is 363 cm³/mol. The van der Waals surface area contributed by atoms with Gasteiger partial charge in [0.1, 0.15) is 58.4 Å². The molecule has 514 valence electrons. The van der Waals surface area contributed by atoms with Crippen molar-refractivity contribution in [3.63, 3.8) is 0 Å². The van der Waals surface area contributed by atoms with Crippen molar-refractivity contribution in [3.8, 4) is 51.7 Å². The van der Waals surface area contributed by atoms with Crippen LogP contribution >= 0.6 is 9.18 Å². The average molecular weight is 1350 g/mol. The number of carbonyl (C=O) groups excluding carboxylic acids is 7. The van der Waals surface area contributed by atoms with E-state index in [4.69, 9.17) is 54.9 Å². The van der Waals surface area contributed by atoms with Gasteiger partial charge in [-0.1, -0.05) is 170 Å². The number of para-hydroxylation sites is 9. The van der Waals surface area contributed by atoms with Crippen molar-refractivity contribution in [2.75, 3.05) is 70.2 Å². The van der Waals surface area contributed by atoms with Gasteiger partial charge in [-0.15, -0.1) is 9.18 Å². The third-order valence-corrected chi connectivity index (χ3v) is 9.24. The summed E-state index contributed by atoms with van der Waals surface area (Å²) < 4.78 is 65.2. The minimum Gasteiger partial charge on any atom is -0.508 e. The topological polar surface area (TPSA) is 320 Å². The highest BCUT2D eigenvalue weighted by atomic mass is 31.0. The van der Waals surface area contributed by atoms with Crippen LogP contribution in [-0.4, -0.2) is 135 Å². The molecule has 0 radical (unpaired) electrons. The maximum atomic E-state index is 11.3. The summed E-state index contributed by atoms with van der Waals surface area (Å²) in [7, 11) is 9.89. The van der Waals surface area contributed by atoms with E-state index in [1.807, 2.05) is 85.5 Å². The summed E-state index contributed by atoms with van der Waals surface area (Å²) in [4.78, 5) is 73.1. The fourth-order valence-corrected chi connectivity index (χ4v) is 5.30. The Bertz CT molecular complexity index is 2990. The molecule has 0 spiro atoms. The Balaban J connectivity index is -0.00000103. The first-order valence-electron chi connectivity index (χ1n) is 28.0. The van der Waals surface area contributed by atoms with Gasteiger partial charge in [-0.05, 0) is 109 Å². The smallest absolute Gasteiger partial charge is 0.508 e. The predicted octanol–water partition coefficient (Wildman–Crippen LogP) is 14.7. The second-order valence-corrected chi connectivity index (χ2v) is 15.7.